The number of rotatable bonds is 7. The number of halogens is 1. The predicted molar refractivity (Wildman–Crippen MR) is 56.8 cm³/mol. The molecule has 0 aliphatic carbocycles. The van der Waals surface area contributed by atoms with Crippen LogP contribution in [0.25, 0.3) is 0 Å². The van der Waals surface area contributed by atoms with E-state index in [4.69, 9.17) is 5.11 Å². The number of alkyl halides is 1. The molecule has 0 saturated heterocycles. The molecule has 0 saturated carbocycles. The standard InChI is InChI=1S/C9H20BrNO/c1-3-9(4-2)11(6-5-10)7-8-12/h9,12H,3-8H2,1-2H3. The molecule has 0 aromatic rings. The lowest BCUT2D eigenvalue weighted by atomic mass is 10.1. The van der Waals surface area contributed by atoms with Crippen molar-refractivity contribution in [3.8, 4) is 0 Å². The molecule has 0 aliphatic rings. The second-order valence-corrected chi connectivity index (χ2v) is 3.71. The molecule has 74 valence electrons. The lowest BCUT2D eigenvalue weighted by Gasteiger charge is -2.28. The van der Waals surface area contributed by atoms with Gasteiger partial charge in [-0.2, -0.15) is 0 Å². The SMILES string of the molecule is CCC(CC)N(CCO)CCBr. The minimum atomic E-state index is 0.267. The van der Waals surface area contributed by atoms with Crippen LogP contribution in [0.1, 0.15) is 26.7 Å². The largest absolute Gasteiger partial charge is 0.395 e. The van der Waals surface area contributed by atoms with Gasteiger partial charge in [0, 0.05) is 24.5 Å². The van der Waals surface area contributed by atoms with Crippen molar-refractivity contribution in [1.82, 2.24) is 4.90 Å². The summed E-state index contributed by atoms with van der Waals surface area (Å²) in [4.78, 5) is 2.34. The molecule has 0 aromatic carbocycles. The lowest BCUT2D eigenvalue weighted by molar-refractivity contribution is 0.152. The van der Waals surface area contributed by atoms with E-state index in [-0.39, 0.29) is 6.61 Å². The molecule has 0 radical (unpaired) electrons. The van der Waals surface area contributed by atoms with Gasteiger partial charge in [-0.15, -0.1) is 0 Å². The van der Waals surface area contributed by atoms with E-state index in [9.17, 15) is 0 Å². The third-order valence-electron chi connectivity index (χ3n) is 2.22. The summed E-state index contributed by atoms with van der Waals surface area (Å²) in [6.07, 6.45) is 2.34. The number of hydrogen-bond donors (Lipinski definition) is 1. The van der Waals surface area contributed by atoms with Gasteiger partial charge in [0.2, 0.25) is 0 Å². The highest BCUT2D eigenvalue weighted by Crippen LogP contribution is 2.07. The normalized spacial score (nSPS) is 11.5. The first-order valence-electron chi connectivity index (χ1n) is 4.70. The van der Waals surface area contributed by atoms with E-state index >= 15 is 0 Å². The van der Waals surface area contributed by atoms with Crippen molar-refractivity contribution in [3.05, 3.63) is 0 Å². The second-order valence-electron chi connectivity index (χ2n) is 2.92. The molecule has 0 amide bonds. The quantitative estimate of drug-likeness (QED) is 0.684. The van der Waals surface area contributed by atoms with Crippen molar-refractivity contribution in [3.63, 3.8) is 0 Å². The molecule has 0 atom stereocenters. The Bertz CT molecular complexity index is 90.5. The number of nitrogens with zero attached hydrogens (tertiary/aromatic N) is 1. The molecule has 0 unspecified atom stereocenters. The van der Waals surface area contributed by atoms with E-state index < -0.39 is 0 Å². The molecular weight excluding hydrogens is 218 g/mol. The number of aliphatic hydroxyl groups excluding tert-OH is 1. The van der Waals surface area contributed by atoms with Crippen LogP contribution < -0.4 is 0 Å². The lowest BCUT2D eigenvalue weighted by Crippen LogP contribution is -2.37. The Morgan fingerprint density at radius 1 is 1.25 bits per heavy atom. The summed E-state index contributed by atoms with van der Waals surface area (Å²) in [5.41, 5.74) is 0. The number of aliphatic hydroxyl groups is 1. The first-order chi connectivity index (χ1) is 5.79. The summed E-state index contributed by atoms with van der Waals surface area (Å²) < 4.78 is 0. The van der Waals surface area contributed by atoms with Gasteiger partial charge in [-0.25, -0.2) is 0 Å². The smallest absolute Gasteiger partial charge is 0.0558 e. The van der Waals surface area contributed by atoms with Crippen molar-refractivity contribution in [2.24, 2.45) is 0 Å². The first kappa shape index (κ1) is 12.4. The van der Waals surface area contributed by atoms with E-state index in [0.717, 1.165) is 18.4 Å². The maximum absolute atomic E-state index is 8.85. The molecule has 0 rings (SSSR count). The highest BCUT2D eigenvalue weighted by atomic mass is 79.9. The molecule has 12 heavy (non-hydrogen) atoms. The van der Waals surface area contributed by atoms with E-state index in [0.29, 0.717) is 6.04 Å². The minimum absolute atomic E-state index is 0.267. The van der Waals surface area contributed by atoms with Crippen LogP contribution in [-0.2, 0) is 0 Å². The van der Waals surface area contributed by atoms with Gasteiger partial charge in [-0.3, -0.25) is 4.90 Å². The maximum atomic E-state index is 8.85. The molecule has 0 spiro atoms. The molecular formula is C9H20BrNO. The molecule has 0 heterocycles. The van der Waals surface area contributed by atoms with Crippen LogP contribution in [0, 0.1) is 0 Å². The topological polar surface area (TPSA) is 23.5 Å². The fraction of sp³-hybridized carbons (Fsp3) is 1.00. The Hall–Kier alpha value is 0.400. The summed E-state index contributed by atoms with van der Waals surface area (Å²) in [6, 6.07) is 0.634. The third-order valence-corrected chi connectivity index (χ3v) is 2.57. The minimum Gasteiger partial charge on any atom is -0.395 e. The van der Waals surface area contributed by atoms with Crippen LogP contribution in [0.5, 0.6) is 0 Å². The molecule has 1 N–H and O–H groups in total. The van der Waals surface area contributed by atoms with E-state index in [2.05, 4.69) is 34.7 Å². The van der Waals surface area contributed by atoms with Crippen LogP contribution >= 0.6 is 15.9 Å². The summed E-state index contributed by atoms with van der Waals surface area (Å²) in [5, 5.41) is 9.84. The van der Waals surface area contributed by atoms with Gasteiger partial charge >= 0.3 is 0 Å². The van der Waals surface area contributed by atoms with Crippen LogP contribution in [-0.4, -0.2) is 41.1 Å². The van der Waals surface area contributed by atoms with E-state index in [1.54, 1.807) is 0 Å². The van der Waals surface area contributed by atoms with Gasteiger partial charge in [0.05, 0.1) is 6.61 Å². The van der Waals surface area contributed by atoms with Gasteiger partial charge in [-0.05, 0) is 12.8 Å². The van der Waals surface area contributed by atoms with Crippen LogP contribution in [0.2, 0.25) is 0 Å². The van der Waals surface area contributed by atoms with Crippen LogP contribution in [0.3, 0.4) is 0 Å². The van der Waals surface area contributed by atoms with E-state index in [1.165, 1.54) is 12.8 Å². The van der Waals surface area contributed by atoms with Crippen molar-refractivity contribution >= 4 is 15.9 Å². The summed E-state index contributed by atoms with van der Waals surface area (Å²) >= 11 is 3.42. The summed E-state index contributed by atoms with van der Waals surface area (Å²) in [5.74, 6) is 0. The highest BCUT2D eigenvalue weighted by molar-refractivity contribution is 9.09. The van der Waals surface area contributed by atoms with Gasteiger partial charge in [0.15, 0.2) is 0 Å². The molecule has 3 heteroatoms. The molecule has 0 aliphatic heterocycles. The van der Waals surface area contributed by atoms with Crippen molar-refractivity contribution < 1.29 is 5.11 Å². The van der Waals surface area contributed by atoms with E-state index in [1.807, 2.05) is 0 Å². The average Bonchev–Trinajstić information content (AvgIpc) is 2.07. The predicted octanol–water partition coefficient (Wildman–Crippen LogP) is 1.86. The molecule has 2 nitrogen and oxygen atoms in total. The Morgan fingerprint density at radius 3 is 2.17 bits per heavy atom. The zero-order chi connectivity index (χ0) is 9.40. The summed E-state index contributed by atoms with van der Waals surface area (Å²) in [7, 11) is 0. The van der Waals surface area contributed by atoms with Gasteiger partial charge < -0.3 is 5.11 Å². The fourth-order valence-electron chi connectivity index (χ4n) is 1.52. The van der Waals surface area contributed by atoms with Crippen molar-refractivity contribution in [2.45, 2.75) is 32.7 Å². The summed E-state index contributed by atoms with van der Waals surface area (Å²) in [6.45, 7) is 6.51. The Morgan fingerprint density at radius 2 is 1.83 bits per heavy atom. The van der Waals surface area contributed by atoms with Crippen LogP contribution in [0.4, 0.5) is 0 Å². The zero-order valence-electron chi connectivity index (χ0n) is 8.09. The zero-order valence-corrected chi connectivity index (χ0v) is 9.68. The Balaban J connectivity index is 3.86. The van der Waals surface area contributed by atoms with Crippen molar-refractivity contribution in [2.75, 3.05) is 25.0 Å². The molecule has 0 fully saturated rings. The van der Waals surface area contributed by atoms with Gasteiger partial charge in [0.1, 0.15) is 0 Å². The average molecular weight is 238 g/mol. The first-order valence-corrected chi connectivity index (χ1v) is 5.83. The maximum Gasteiger partial charge on any atom is 0.0558 e. The third kappa shape index (κ3) is 4.43. The monoisotopic (exact) mass is 237 g/mol. The second kappa shape index (κ2) is 8.02. The van der Waals surface area contributed by atoms with Crippen molar-refractivity contribution in [1.29, 1.82) is 0 Å². The van der Waals surface area contributed by atoms with Gasteiger partial charge in [-0.1, -0.05) is 29.8 Å². The molecule has 0 bridgehead atoms. The Kier molecular flexibility index (Phi) is 8.29. The Labute approximate surface area is 84.1 Å². The fourth-order valence-corrected chi connectivity index (χ4v) is 1.97. The number of hydrogen-bond acceptors (Lipinski definition) is 2. The van der Waals surface area contributed by atoms with Gasteiger partial charge in [0.25, 0.3) is 0 Å². The molecule has 0 aromatic heterocycles. The highest BCUT2D eigenvalue weighted by Gasteiger charge is 2.12. The van der Waals surface area contributed by atoms with Crippen LogP contribution in [0.15, 0.2) is 0 Å².